The van der Waals surface area contributed by atoms with Crippen LogP contribution in [0.5, 0.6) is 11.5 Å². The summed E-state index contributed by atoms with van der Waals surface area (Å²) < 4.78 is 21.0. The van der Waals surface area contributed by atoms with E-state index in [1.807, 2.05) is 12.1 Å². The van der Waals surface area contributed by atoms with E-state index in [1.165, 1.54) is 12.1 Å². The summed E-state index contributed by atoms with van der Waals surface area (Å²) in [6, 6.07) is 9.77. The minimum Gasteiger partial charge on any atom is -0.453 e. The molecule has 0 bridgehead atoms. The van der Waals surface area contributed by atoms with Gasteiger partial charge in [-0.1, -0.05) is 22.0 Å². The van der Waals surface area contributed by atoms with E-state index in [2.05, 4.69) is 31.9 Å². The van der Waals surface area contributed by atoms with Crippen LogP contribution in [0.2, 0.25) is 0 Å². The lowest BCUT2D eigenvalue weighted by atomic mass is 10.1. The number of hydrogen-bond donors (Lipinski definition) is 1. The maximum absolute atomic E-state index is 13.8. The van der Waals surface area contributed by atoms with Gasteiger partial charge in [-0.05, 0) is 58.7 Å². The van der Waals surface area contributed by atoms with Gasteiger partial charge in [0.1, 0.15) is 5.75 Å². The van der Waals surface area contributed by atoms with Crippen molar-refractivity contribution in [2.24, 2.45) is 0 Å². The van der Waals surface area contributed by atoms with Crippen LogP contribution in [0.15, 0.2) is 45.3 Å². The number of rotatable bonds is 3. The lowest BCUT2D eigenvalue weighted by molar-refractivity contribution is 0.198. The molecule has 19 heavy (non-hydrogen) atoms. The molecule has 1 unspecified atom stereocenters. The molecule has 2 rings (SSSR count). The van der Waals surface area contributed by atoms with Gasteiger partial charge in [0.15, 0.2) is 11.6 Å². The molecule has 2 nitrogen and oxygen atoms in total. The van der Waals surface area contributed by atoms with E-state index in [0.29, 0.717) is 11.3 Å². The smallest absolute Gasteiger partial charge is 0.166 e. The van der Waals surface area contributed by atoms with Crippen molar-refractivity contribution in [3.8, 4) is 11.5 Å². The van der Waals surface area contributed by atoms with Gasteiger partial charge in [0, 0.05) is 4.47 Å². The summed E-state index contributed by atoms with van der Waals surface area (Å²) in [7, 11) is 0. The number of halogens is 3. The summed E-state index contributed by atoms with van der Waals surface area (Å²) >= 11 is 6.68. The number of ether oxygens (including phenoxy) is 1. The van der Waals surface area contributed by atoms with E-state index >= 15 is 0 Å². The topological polar surface area (TPSA) is 29.5 Å². The molecule has 0 saturated heterocycles. The minimum absolute atomic E-state index is 0.118. The molecule has 0 saturated carbocycles. The summed E-state index contributed by atoms with van der Waals surface area (Å²) in [4.78, 5) is 0. The predicted octanol–water partition coefficient (Wildman–Crippen LogP) is 5.20. The van der Waals surface area contributed by atoms with Crippen molar-refractivity contribution in [3.63, 3.8) is 0 Å². The zero-order valence-corrected chi connectivity index (χ0v) is 13.2. The zero-order chi connectivity index (χ0) is 14.0. The largest absolute Gasteiger partial charge is 0.453 e. The molecule has 0 aromatic heterocycles. The van der Waals surface area contributed by atoms with Crippen molar-refractivity contribution in [2.75, 3.05) is 0 Å². The van der Waals surface area contributed by atoms with Crippen LogP contribution in [0.3, 0.4) is 0 Å². The second-order valence-corrected chi connectivity index (χ2v) is 5.81. The first-order valence-electron chi connectivity index (χ1n) is 5.58. The monoisotopic (exact) mass is 388 g/mol. The van der Waals surface area contributed by atoms with Crippen LogP contribution in [-0.2, 0) is 0 Å². The third-order valence-corrected chi connectivity index (χ3v) is 3.67. The average Bonchev–Trinajstić information content (AvgIpc) is 2.34. The summed E-state index contributed by atoms with van der Waals surface area (Å²) in [5.74, 6) is 0.132. The Kier molecular flexibility index (Phi) is 4.60. The van der Waals surface area contributed by atoms with Gasteiger partial charge in [0.25, 0.3) is 0 Å². The van der Waals surface area contributed by atoms with Gasteiger partial charge in [0.2, 0.25) is 0 Å². The highest BCUT2D eigenvalue weighted by atomic mass is 79.9. The molecule has 0 aliphatic heterocycles. The number of benzene rings is 2. The second kappa shape index (κ2) is 6.03. The third kappa shape index (κ3) is 3.55. The molecule has 100 valence electrons. The first kappa shape index (κ1) is 14.5. The van der Waals surface area contributed by atoms with Gasteiger partial charge in [-0.2, -0.15) is 0 Å². The standard InChI is InChI=1S/C14H11Br2FO2/c1-8(18)9-2-4-14(12(17)6-9)19-13-5-3-10(15)7-11(13)16/h2-8,18H,1H3. The quantitative estimate of drug-likeness (QED) is 0.781. The molecule has 0 fully saturated rings. The first-order valence-corrected chi connectivity index (χ1v) is 7.16. The predicted molar refractivity (Wildman–Crippen MR) is 78.9 cm³/mol. The van der Waals surface area contributed by atoms with E-state index in [1.54, 1.807) is 19.1 Å². The highest BCUT2D eigenvalue weighted by Crippen LogP contribution is 2.33. The molecule has 1 atom stereocenters. The molecule has 0 spiro atoms. The van der Waals surface area contributed by atoms with Crippen molar-refractivity contribution in [1.29, 1.82) is 0 Å². The molecule has 2 aromatic rings. The Labute approximate surface area is 127 Å². The Bertz CT molecular complexity index is 600. The molecule has 0 heterocycles. The number of aliphatic hydroxyl groups is 1. The fraction of sp³-hybridized carbons (Fsp3) is 0.143. The fourth-order valence-electron chi connectivity index (χ4n) is 1.54. The van der Waals surface area contributed by atoms with Crippen LogP contribution in [0.4, 0.5) is 4.39 Å². The summed E-state index contributed by atoms with van der Waals surface area (Å²) in [5.41, 5.74) is 0.514. The van der Waals surface area contributed by atoms with E-state index < -0.39 is 11.9 Å². The molecule has 0 radical (unpaired) electrons. The van der Waals surface area contributed by atoms with E-state index in [-0.39, 0.29) is 5.75 Å². The molecule has 0 aliphatic rings. The SMILES string of the molecule is CC(O)c1ccc(Oc2ccc(Br)cc2Br)c(F)c1. The van der Waals surface area contributed by atoms with E-state index in [4.69, 9.17) is 4.74 Å². The molecule has 0 amide bonds. The van der Waals surface area contributed by atoms with Gasteiger partial charge in [-0.3, -0.25) is 0 Å². The average molecular weight is 390 g/mol. The van der Waals surface area contributed by atoms with Gasteiger partial charge in [0.05, 0.1) is 10.6 Å². The molecular weight excluding hydrogens is 379 g/mol. The van der Waals surface area contributed by atoms with Crippen molar-refractivity contribution in [3.05, 3.63) is 56.7 Å². The maximum atomic E-state index is 13.8. The lowest BCUT2D eigenvalue weighted by Crippen LogP contribution is -1.95. The lowest BCUT2D eigenvalue weighted by Gasteiger charge is -2.11. The van der Waals surface area contributed by atoms with Gasteiger partial charge in [-0.15, -0.1) is 0 Å². The summed E-state index contributed by atoms with van der Waals surface area (Å²) in [6.07, 6.45) is -0.706. The van der Waals surface area contributed by atoms with Crippen LogP contribution in [0.1, 0.15) is 18.6 Å². The Morgan fingerprint density at radius 3 is 2.37 bits per heavy atom. The minimum atomic E-state index is -0.706. The van der Waals surface area contributed by atoms with Crippen molar-refractivity contribution >= 4 is 31.9 Å². The van der Waals surface area contributed by atoms with Crippen LogP contribution >= 0.6 is 31.9 Å². The van der Waals surface area contributed by atoms with Crippen molar-refractivity contribution < 1.29 is 14.2 Å². The Hall–Kier alpha value is -0.910. The van der Waals surface area contributed by atoms with Gasteiger partial charge < -0.3 is 9.84 Å². The number of aliphatic hydroxyl groups excluding tert-OH is 1. The Morgan fingerprint density at radius 2 is 1.79 bits per heavy atom. The molecule has 5 heteroatoms. The molecule has 2 aromatic carbocycles. The molecular formula is C14H11Br2FO2. The van der Waals surface area contributed by atoms with Crippen molar-refractivity contribution in [2.45, 2.75) is 13.0 Å². The maximum Gasteiger partial charge on any atom is 0.166 e. The van der Waals surface area contributed by atoms with E-state index in [0.717, 1.165) is 8.95 Å². The third-order valence-electron chi connectivity index (χ3n) is 2.55. The van der Waals surface area contributed by atoms with Gasteiger partial charge in [-0.25, -0.2) is 4.39 Å². The zero-order valence-electron chi connectivity index (χ0n) is 10.0. The normalized spacial score (nSPS) is 12.3. The van der Waals surface area contributed by atoms with Crippen LogP contribution in [-0.4, -0.2) is 5.11 Å². The van der Waals surface area contributed by atoms with Crippen molar-refractivity contribution in [1.82, 2.24) is 0 Å². The van der Waals surface area contributed by atoms with Gasteiger partial charge >= 0.3 is 0 Å². The number of hydrogen-bond acceptors (Lipinski definition) is 2. The fourth-order valence-corrected chi connectivity index (χ4v) is 2.66. The molecule has 1 N–H and O–H groups in total. The molecule has 0 aliphatic carbocycles. The highest BCUT2D eigenvalue weighted by Gasteiger charge is 2.10. The second-order valence-electron chi connectivity index (χ2n) is 4.04. The Morgan fingerprint density at radius 1 is 1.11 bits per heavy atom. The Balaban J connectivity index is 2.28. The van der Waals surface area contributed by atoms with Crippen LogP contribution in [0.25, 0.3) is 0 Å². The summed E-state index contributed by atoms with van der Waals surface area (Å²) in [5, 5.41) is 9.38. The van der Waals surface area contributed by atoms with Crippen LogP contribution in [0, 0.1) is 5.82 Å². The summed E-state index contributed by atoms with van der Waals surface area (Å²) in [6.45, 7) is 1.58. The van der Waals surface area contributed by atoms with Crippen LogP contribution < -0.4 is 4.74 Å². The highest BCUT2D eigenvalue weighted by molar-refractivity contribution is 9.11. The first-order chi connectivity index (χ1) is 8.97. The van der Waals surface area contributed by atoms with E-state index in [9.17, 15) is 9.50 Å².